The molecule has 0 bridgehead atoms. The van der Waals surface area contributed by atoms with Crippen molar-refractivity contribution in [3.63, 3.8) is 0 Å². The predicted molar refractivity (Wildman–Crippen MR) is 72.9 cm³/mol. The van der Waals surface area contributed by atoms with Crippen LogP contribution in [0.3, 0.4) is 0 Å². The molecule has 0 aliphatic carbocycles. The summed E-state index contributed by atoms with van der Waals surface area (Å²) < 4.78 is 5.23. The Labute approximate surface area is 111 Å². The van der Waals surface area contributed by atoms with E-state index in [1.54, 1.807) is 0 Å². The van der Waals surface area contributed by atoms with Crippen molar-refractivity contribution in [2.75, 3.05) is 5.32 Å². The van der Waals surface area contributed by atoms with Crippen molar-refractivity contribution in [3.8, 4) is 0 Å². The van der Waals surface area contributed by atoms with Crippen molar-refractivity contribution in [2.45, 2.75) is 26.8 Å². The third kappa shape index (κ3) is 2.82. The molecular formula is C14H17N3O2. The van der Waals surface area contributed by atoms with Crippen molar-refractivity contribution >= 4 is 11.6 Å². The van der Waals surface area contributed by atoms with Crippen LogP contribution in [0.25, 0.3) is 0 Å². The summed E-state index contributed by atoms with van der Waals surface area (Å²) in [6, 6.07) is 5.93. The summed E-state index contributed by atoms with van der Waals surface area (Å²) in [4.78, 5) is 16.0. The first-order valence-corrected chi connectivity index (χ1v) is 6.20. The van der Waals surface area contributed by atoms with Gasteiger partial charge in [-0.25, -0.2) is 4.98 Å². The lowest BCUT2D eigenvalue weighted by Gasteiger charge is -2.11. The van der Waals surface area contributed by atoms with Crippen molar-refractivity contribution in [1.82, 2.24) is 4.98 Å². The monoisotopic (exact) mass is 259 g/mol. The summed E-state index contributed by atoms with van der Waals surface area (Å²) in [7, 11) is 0. The molecule has 3 N–H and O–H groups in total. The second-order valence-corrected chi connectivity index (χ2v) is 4.24. The Bertz CT molecular complexity index is 590. The van der Waals surface area contributed by atoms with E-state index in [0.717, 1.165) is 23.2 Å². The summed E-state index contributed by atoms with van der Waals surface area (Å²) in [5, 5.41) is 2.87. The number of oxazole rings is 1. The highest BCUT2D eigenvalue weighted by Gasteiger charge is 2.14. The highest BCUT2D eigenvalue weighted by molar-refractivity contribution is 6.02. The number of anilines is 1. The van der Waals surface area contributed by atoms with Gasteiger partial charge in [0.05, 0.1) is 12.7 Å². The van der Waals surface area contributed by atoms with E-state index in [0.29, 0.717) is 5.89 Å². The molecule has 0 saturated carbocycles. The lowest BCUT2D eigenvalue weighted by Crippen LogP contribution is -2.13. The number of para-hydroxylation sites is 1. The average molecular weight is 259 g/mol. The smallest absolute Gasteiger partial charge is 0.293 e. The molecule has 5 nitrogen and oxygen atoms in total. The zero-order valence-corrected chi connectivity index (χ0v) is 11.1. The third-order valence-corrected chi connectivity index (χ3v) is 2.93. The number of hydrogen-bond acceptors (Lipinski definition) is 4. The molecule has 0 fully saturated rings. The van der Waals surface area contributed by atoms with Crippen LogP contribution in [0.5, 0.6) is 0 Å². The van der Waals surface area contributed by atoms with E-state index in [1.807, 2.05) is 32.0 Å². The van der Waals surface area contributed by atoms with Gasteiger partial charge in [0.2, 0.25) is 11.7 Å². The van der Waals surface area contributed by atoms with Crippen LogP contribution in [0.1, 0.15) is 34.5 Å². The van der Waals surface area contributed by atoms with Gasteiger partial charge in [0, 0.05) is 5.69 Å². The van der Waals surface area contributed by atoms with E-state index in [1.165, 1.54) is 6.20 Å². The molecule has 0 radical (unpaired) electrons. The minimum absolute atomic E-state index is 0.172. The average Bonchev–Trinajstić information content (AvgIpc) is 2.90. The highest BCUT2D eigenvalue weighted by Crippen LogP contribution is 2.21. The first kappa shape index (κ1) is 13.3. The molecule has 2 aromatic rings. The van der Waals surface area contributed by atoms with Crippen LogP contribution in [0.15, 0.2) is 28.8 Å². The standard InChI is InChI=1S/C14H17N3O2/c1-3-10-6-4-5-9(2)13(10)17-14(18)11-8-16-12(7-15)19-11/h4-6,8H,3,7,15H2,1-2H3,(H,17,18). The van der Waals surface area contributed by atoms with E-state index < -0.39 is 0 Å². The molecule has 5 heteroatoms. The van der Waals surface area contributed by atoms with Crippen LogP contribution in [0, 0.1) is 6.92 Å². The topological polar surface area (TPSA) is 81.2 Å². The Balaban J connectivity index is 2.23. The van der Waals surface area contributed by atoms with Crippen LogP contribution in [-0.2, 0) is 13.0 Å². The Kier molecular flexibility index (Phi) is 3.97. The Morgan fingerprint density at radius 3 is 2.89 bits per heavy atom. The van der Waals surface area contributed by atoms with Gasteiger partial charge in [-0.15, -0.1) is 0 Å². The summed E-state index contributed by atoms with van der Waals surface area (Å²) >= 11 is 0. The van der Waals surface area contributed by atoms with Gasteiger partial charge >= 0.3 is 0 Å². The Hall–Kier alpha value is -2.14. The number of aryl methyl sites for hydroxylation is 2. The zero-order chi connectivity index (χ0) is 13.8. The van der Waals surface area contributed by atoms with Gasteiger partial charge in [-0.2, -0.15) is 0 Å². The minimum atomic E-state index is -0.309. The van der Waals surface area contributed by atoms with E-state index in [4.69, 9.17) is 10.2 Å². The maximum absolute atomic E-state index is 12.1. The van der Waals surface area contributed by atoms with E-state index in [9.17, 15) is 4.79 Å². The molecule has 0 aliphatic heterocycles. The van der Waals surface area contributed by atoms with Crippen molar-refractivity contribution in [2.24, 2.45) is 5.73 Å². The fraction of sp³-hybridized carbons (Fsp3) is 0.286. The van der Waals surface area contributed by atoms with Gasteiger partial charge < -0.3 is 15.5 Å². The largest absolute Gasteiger partial charge is 0.434 e. The quantitative estimate of drug-likeness (QED) is 0.882. The maximum atomic E-state index is 12.1. The molecule has 1 heterocycles. The van der Waals surface area contributed by atoms with Crippen molar-refractivity contribution in [3.05, 3.63) is 47.2 Å². The molecule has 2 rings (SSSR count). The number of rotatable bonds is 4. The number of amides is 1. The number of carbonyl (C=O) groups excluding carboxylic acids is 1. The Morgan fingerprint density at radius 1 is 1.47 bits per heavy atom. The number of nitrogens with zero attached hydrogens (tertiary/aromatic N) is 1. The van der Waals surface area contributed by atoms with E-state index in [-0.39, 0.29) is 18.2 Å². The number of aromatic nitrogens is 1. The number of nitrogens with one attached hydrogen (secondary N) is 1. The van der Waals surface area contributed by atoms with Crippen molar-refractivity contribution < 1.29 is 9.21 Å². The van der Waals surface area contributed by atoms with Gasteiger partial charge in [-0.05, 0) is 24.5 Å². The molecule has 1 aromatic carbocycles. The SMILES string of the molecule is CCc1cccc(C)c1NC(=O)c1cnc(CN)o1. The fourth-order valence-corrected chi connectivity index (χ4v) is 1.89. The second kappa shape index (κ2) is 5.67. The highest BCUT2D eigenvalue weighted by atomic mass is 16.4. The molecule has 0 aliphatic rings. The lowest BCUT2D eigenvalue weighted by atomic mass is 10.1. The molecule has 19 heavy (non-hydrogen) atoms. The summed E-state index contributed by atoms with van der Waals surface area (Å²) in [6.45, 7) is 4.18. The van der Waals surface area contributed by atoms with Crippen LogP contribution in [0.4, 0.5) is 5.69 Å². The van der Waals surface area contributed by atoms with E-state index >= 15 is 0 Å². The summed E-state index contributed by atoms with van der Waals surface area (Å²) in [5.41, 5.74) is 8.34. The Morgan fingerprint density at radius 2 is 2.26 bits per heavy atom. The van der Waals surface area contributed by atoms with Crippen LogP contribution in [-0.4, -0.2) is 10.9 Å². The molecule has 0 unspecified atom stereocenters. The molecule has 1 aromatic heterocycles. The molecular weight excluding hydrogens is 242 g/mol. The summed E-state index contributed by atoms with van der Waals surface area (Å²) in [6.07, 6.45) is 2.24. The first-order valence-electron chi connectivity index (χ1n) is 6.20. The minimum Gasteiger partial charge on any atom is -0.434 e. The van der Waals surface area contributed by atoms with E-state index in [2.05, 4.69) is 10.3 Å². The predicted octanol–water partition coefficient (Wildman–Crippen LogP) is 2.26. The first-order chi connectivity index (χ1) is 9.15. The van der Waals surface area contributed by atoms with Gasteiger partial charge in [0.25, 0.3) is 5.91 Å². The number of nitrogens with two attached hydrogens (primary N) is 1. The van der Waals surface area contributed by atoms with Crippen LogP contribution < -0.4 is 11.1 Å². The number of carbonyl (C=O) groups is 1. The maximum Gasteiger partial charge on any atom is 0.293 e. The van der Waals surface area contributed by atoms with Crippen LogP contribution in [0.2, 0.25) is 0 Å². The van der Waals surface area contributed by atoms with Gasteiger partial charge in [-0.3, -0.25) is 4.79 Å². The second-order valence-electron chi connectivity index (χ2n) is 4.24. The van der Waals surface area contributed by atoms with Crippen molar-refractivity contribution in [1.29, 1.82) is 0 Å². The fourth-order valence-electron chi connectivity index (χ4n) is 1.89. The molecule has 0 spiro atoms. The lowest BCUT2D eigenvalue weighted by molar-refractivity contribution is 0.0995. The van der Waals surface area contributed by atoms with Crippen LogP contribution >= 0.6 is 0 Å². The van der Waals surface area contributed by atoms with Gasteiger partial charge in [0.1, 0.15) is 0 Å². The molecule has 0 saturated heterocycles. The van der Waals surface area contributed by atoms with Gasteiger partial charge in [0.15, 0.2) is 0 Å². The normalized spacial score (nSPS) is 10.5. The molecule has 100 valence electrons. The van der Waals surface area contributed by atoms with Gasteiger partial charge in [-0.1, -0.05) is 25.1 Å². The zero-order valence-electron chi connectivity index (χ0n) is 11.1. The third-order valence-electron chi connectivity index (χ3n) is 2.93. The summed E-state index contributed by atoms with van der Waals surface area (Å²) in [5.74, 6) is 0.215. The number of hydrogen-bond donors (Lipinski definition) is 2. The molecule has 0 atom stereocenters. The molecule has 1 amide bonds. The number of benzene rings is 1.